The number of rotatable bonds is 10. The Kier molecular flexibility index (Phi) is 10.9. The largest absolute Gasteiger partial charge is 0.476 e. The minimum absolute atomic E-state index is 0.0946. The van der Waals surface area contributed by atoms with Gasteiger partial charge in [0.15, 0.2) is 0 Å². The fraction of sp³-hybridized carbons (Fsp3) is 0.383. The van der Waals surface area contributed by atoms with Gasteiger partial charge in [-0.25, -0.2) is 18.1 Å². The van der Waals surface area contributed by atoms with Gasteiger partial charge < -0.3 is 24.5 Å². The van der Waals surface area contributed by atoms with Crippen LogP contribution in [0.5, 0.6) is 5.88 Å². The lowest BCUT2D eigenvalue weighted by atomic mass is 9.59. The van der Waals surface area contributed by atoms with Crippen molar-refractivity contribution in [3.8, 4) is 5.88 Å². The third kappa shape index (κ3) is 7.96. The number of pyridine rings is 1. The van der Waals surface area contributed by atoms with Gasteiger partial charge in [-0.3, -0.25) is 19.8 Å². The molecule has 3 N–H and O–H groups in total. The number of H-pyrrole nitrogens is 2. The number of aromatic nitrogens is 4. The number of non-ortho nitro benzene ring substituents is 1. The van der Waals surface area contributed by atoms with Crippen molar-refractivity contribution in [1.29, 1.82) is 0 Å². The average Bonchev–Trinajstić information content (AvgIpc) is 3.88. The highest BCUT2D eigenvalue weighted by Gasteiger charge is 2.41. The van der Waals surface area contributed by atoms with E-state index in [4.69, 9.17) is 21.3 Å². The van der Waals surface area contributed by atoms with E-state index in [1.807, 2.05) is 55.1 Å². The van der Waals surface area contributed by atoms with Crippen molar-refractivity contribution in [3.63, 3.8) is 0 Å². The maximum Gasteiger partial charge on any atom is 0.296 e. The number of nitrogens with zero attached hydrogens (tertiary/aromatic N) is 6. The maximum atomic E-state index is 14.4. The average molecular weight is 904 g/mol. The number of fused-ring (bicyclic) bond motifs is 3. The summed E-state index contributed by atoms with van der Waals surface area (Å²) in [6, 6.07) is 19.9. The standard InChI is InChI=1S/C47H50ClN9O6S/c1-29(2)43-50-38-25-35(26-40(57(59)60)42(38)51-43)64(61,62)53-45(58)36-10-9-34(24-39(36)56-17-4-22-63-46-41(56)23-31-12-16-49-44(31)52-46)55-20-18-54(19-21-55)28-32-11-15-47(13-3-14-47)27-37(32)30-5-7-33(48)8-6-30/h5-10,12,16,23-26,29H,3-4,11,13-15,17-22,27-28H2,1-2H3,(H,49,52)(H,50,51)(H,53,58). The van der Waals surface area contributed by atoms with Crippen molar-refractivity contribution in [2.24, 2.45) is 5.41 Å². The van der Waals surface area contributed by atoms with E-state index in [0.29, 0.717) is 53.7 Å². The Labute approximate surface area is 376 Å². The number of ether oxygens (including phenoxy) is 1. The van der Waals surface area contributed by atoms with Crippen molar-refractivity contribution in [3.05, 3.63) is 111 Å². The number of amides is 1. The van der Waals surface area contributed by atoms with E-state index < -0.39 is 31.4 Å². The van der Waals surface area contributed by atoms with Crippen LogP contribution in [0.3, 0.4) is 0 Å². The van der Waals surface area contributed by atoms with E-state index in [9.17, 15) is 23.3 Å². The third-order valence-corrected chi connectivity index (χ3v) is 15.2. The second-order valence-corrected chi connectivity index (χ2v) is 20.1. The zero-order valence-electron chi connectivity index (χ0n) is 35.8. The van der Waals surface area contributed by atoms with E-state index in [2.05, 4.69) is 41.6 Å². The molecule has 64 heavy (non-hydrogen) atoms. The van der Waals surface area contributed by atoms with Crippen LogP contribution in [0.1, 0.15) is 86.5 Å². The highest BCUT2D eigenvalue weighted by molar-refractivity contribution is 7.90. The van der Waals surface area contributed by atoms with Gasteiger partial charge in [-0.05, 0) is 104 Å². The van der Waals surface area contributed by atoms with Crippen LogP contribution in [0.25, 0.3) is 27.6 Å². The first-order valence-corrected chi connectivity index (χ1v) is 23.9. The topological polar surface area (TPSA) is 183 Å². The minimum Gasteiger partial charge on any atom is -0.476 e. The lowest BCUT2D eigenvalue weighted by Crippen LogP contribution is -2.47. The molecule has 1 saturated carbocycles. The molecule has 2 aliphatic carbocycles. The molecule has 1 spiro atoms. The van der Waals surface area contributed by atoms with Gasteiger partial charge in [-0.15, -0.1) is 0 Å². The molecule has 10 rings (SSSR count). The van der Waals surface area contributed by atoms with Gasteiger partial charge in [0.2, 0.25) is 5.88 Å². The summed E-state index contributed by atoms with van der Waals surface area (Å²) in [6.45, 7) is 8.71. The number of allylic oxidation sites excluding steroid dienone is 1. The third-order valence-electron chi connectivity index (χ3n) is 13.6. The molecule has 1 saturated heterocycles. The number of carbonyl (C=O) groups excluding carboxylic acids is 1. The summed E-state index contributed by atoms with van der Waals surface area (Å²) < 4.78 is 36.4. The Morgan fingerprint density at radius 1 is 0.969 bits per heavy atom. The SMILES string of the molecule is CC(C)c1nc2cc(S(=O)(=O)NC(=O)c3ccc(N4CCN(CC5=C(c6ccc(Cl)cc6)CC6(CCC6)CC5)CC4)cc3N3CCCOc4nc5[nH]ccc5cc43)cc([N+](=O)[O-])c2[nH]1. The number of halogens is 1. The number of nitrogens with one attached hydrogen (secondary N) is 3. The van der Waals surface area contributed by atoms with Crippen LogP contribution in [-0.2, 0) is 10.0 Å². The fourth-order valence-corrected chi connectivity index (χ4v) is 11.0. The Balaban J connectivity index is 0.954. The Bertz CT molecular complexity index is 2950. The number of sulfonamides is 1. The number of anilines is 3. The number of hydrogen-bond donors (Lipinski definition) is 3. The van der Waals surface area contributed by atoms with Crippen LogP contribution in [0.2, 0.25) is 5.02 Å². The molecular weight excluding hydrogens is 854 g/mol. The lowest BCUT2D eigenvalue weighted by molar-refractivity contribution is -0.383. The van der Waals surface area contributed by atoms with Crippen molar-refractivity contribution in [1.82, 2.24) is 29.6 Å². The molecule has 1 amide bonds. The summed E-state index contributed by atoms with van der Waals surface area (Å²) >= 11 is 6.30. The van der Waals surface area contributed by atoms with Gasteiger partial charge in [0.25, 0.3) is 21.6 Å². The second kappa shape index (κ2) is 16.5. The molecule has 4 aliphatic rings. The quantitative estimate of drug-likeness (QED) is 0.0881. The molecular formula is C47H50ClN9O6S. The number of benzene rings is 3. The van der Waals surface area contributed by atoms with Crippen LogP contribution < -0.4 is 19.3 Å². The molecule has 3 aromatic carbocycles. The number of aromatic amines is 2. The van der Waals surface area contributed by atoms with Crippen LogP contribution >= 0.6 is 11.6 Å². The summed E-state index contributed by atoms with van der Waals surface area (Å²) in [5.74, 6) is -0.114. The summed E-state index contributed by atoms with van der Waals surface area (Å²) in [5, 5.41) is 13.7. The van der Waals surface area contributed by atoms with Crippen molar-refractivity contribution in [2.45, 2.75) is 69.6 Å². The number of piperazine rings is 1. The zero-order chi connectivity index (χ0) is 44.3. The molecule has 0 atom stereocenters. The molecule has 5 heterocycles. The Hall–Kier alpha value is -5.97. The minimum atomic E-state index is -4.62. The number of carbonyl (C=O) groups is 1. The summed E-state index contributed by atoms with van der Waals surface area (Å²) in [4.78, 5) is 47.6. The Morgan fingerprint density at radius 2 is 1.77 bits per heavy atom. The van der Waals surface area contributed by atoms with E-state index >= 15 is 0 Å². The van der Waals surface area contributed by atoms with Crippen LogP contribution in [0, 0.1) is 15.5 Å². The first kappa shape index (κ1) is 42.0. The predicted molar refractivity (Wildman–Crippen MR) is 248 cm³/mol. The Morgan fingerprint density at radius 3 is 2.50 bits per heavy atom. The van der Waals surface area contributed by atoms with E-state index in [1.54, 1.807) is 12.3 Å². The first-order valence-electron chi connectivity index (χ1n) is 22.0. The van der Waals surface area contributed by atoms with E-state index in [1.165, 1.54) is 48.5 Å². The zero-order valence-corrected chi connectivity index (χ0v) is 37.4. The van der Waals surface area contributed by atoms with Gasteiger partial charge in [-0.2, -0.15) is 4.98 Å². The summed E-state index contributed by atoms with van der Waals surface area (Å²) in [7, 11) is -4.62. The number of imidazole rings is 1. The number of nitro groups is 1. The number of nitro benzene ring substituents is 1. The normalized spacial score (nSPS) is 18.0. The molecule has 2 fully saturated rings. The molecule has 6 aromatic rings. The fourth-order valence-electron chi connectivity index (χ4n) is 9.87. The van der Waals surface area contributed by atoms with Crippen LogP contribution in [-0.4, -0.2) is 90.0 Å². The van der Waals surface area contributed by atoms with Crippen molar-refractivity contribution < 1.29 is 22.9 Å². The molecule has 0 bridgehead atoms. The highest BCUT2D eigenvalue weighted by Crippen LogP contribution is 2.55. The van der Waals surface area contributed by atoms with Crippen molar-refractivity contribution >= 4 is 77.9 Å². The predicted octanol–water partition coefficient (Wildman–Crippen LogP) is 9.09. The molecule has 332 valence electrons. The molecule has 3 aromatic heterocycles. The van der Waals surface area contributed by atoms with Gasteiger partial charge in [-0.1, -0.05) is 49.6 Å². The van der Waals surface area contributed by atoms with Crippen LogP contribution in [0.4, 0.5) is 22.7 Å². The van der Waals surface area contributed by atoms with E-state index in [0.717, 1.165) is 67.7 Å². The highest BCUT2D eigenvalue weighted by atomic mass is 35.5. The molecule has 0 unspecified atom stereocenters. The van der Waals surface area contributed by atoms with Crippen LogP contribution in [0.15, 0.2) is 83.4 Å². The van der Waals surface area contributed by atoms with Gasteiger partial charge in [0, 0.05) is 73.5 Å². The molecule has 17 heteroatoms. The number of hydrogen-bond acceptors (Lipinski definition) is 11. The van der Waals surface area contributed by atoms with Gasteiger partial charge >= 0.3 is 0 Å². The van der Waals surface area contributed by atoms with Gasteiger partial charge in [0.05, 0.1) is 33.2 Å². The second-order valence-electron chi connectivity index (χ2n) is 18.0. The summed E-state index contributed by atoms with van der Waals surface area (Å²) in [5.41, 5.74) is 7.27. The monoisotopic (exact) mass is 903 g/mol. The van der Waals surface area contributed by atoms with Gasteiger partial charge in [0.1, 0.15) is 22.7 Å². The molecule has 15 nitrogen and oxygen atoms in total. The summed E-state index contributed by atoms with van der Waals surface area (Å²) in [6.07, 6.45) is 9.82. The molecule has 2 aliphatic heterocycles. The smallest absolute Gasteiger partial charge is 0.296 e. The maximum absolute atomic E-state index is 14.4. The lowest BCUT2D eigenvalue weighted by Gasteiger charge is -2.47. The van der Waals surface area contributed by atoms with E-state index in [-0.39, 0.29) is 22.5 Å². The van der Waals surface area contributed by atoms with Crippen molar-refractivity contribution in [2.75, 3.05) is 55.7 Å². The molecule has 0 radical (unpaired) electrons. The first-order chi connectivity index (χ1) is 30.8.